The molecule has 1 saturated carbocycles. The van der Waals surface area contributed by atoms with Crippen molar-refractivity contribution in [3.63, 3.8) is 0 Å². The van der Waals surface area contributed by atoms with Gasteiger partial charge in [0.25, 0.3) is 0 Å². The molecular formula is C13H11F3N2O2. The molecule has 0 spiro atoms. The first kappa shape index (κ1) is 13.0. The molecule has 0 radical (unpaired) electrons. The average Bonchev–Trinajstić information content (AvgIpc) is 3.07. The molecule has 4 nitrogen and oxygen atoms in total. The first-order valence-electron chi connectivity index (χ1n) is 6.11. The molecule has 106 valence electrons. The number of aliphatic carboxylic acids is 1. The molecule has 1 heterocycles. The number of carbonyl (C=O) groups is 1. The van der Waals surface area contributed by atoms with Crippen LogP contribution in [0, 0.1) is 5.92 Å². The molecule has 3 rings (SSSR count). The predicted octanol–water partition coefficient (Wildman–Crippen LogP) is 2.79. The Morgan fingerprint density at radius 1 is 1.40 bits per heavy atom. The molecule has 1 aromatic heterocycles. The number of fused-ring (bicyclic) bond motifs is 1. The van der Waals surface area contributed by atoms with Crippen molar-refractivity contribution in [2.24, 2.45) is 5.92 Å². The van der Waals surface area contributed by atoms with Crippen molar-refractivity contribution in [1.29, 1.82) is 0 Å². The molecule has 1 aliphatic carbocycles. The highest BCUT2D eigenvalue weighted by Crippen LogP contribution is 2.48. The van der Waals surface area contributed by atoms with E-state index in [1.165, 1.54) is 0 Å². The maximum atomic E-state index is 12.7. The van der Waals surface area contributed by atoms with E-state index in [4.69, 9.17) is 5.11 Å². The molecule has 1 aliphatic rings. The first-order valence-corrected chi connectivity index (χ1v) is 6.11. The van der Waals surface area contributed by atoms with Crippen molar-refractivity contribution in [1.82, 2.24) is 9.55 Å². The molecule has 0 amide bonds. The van der Waals surface area contributed by atoms with Gasteiger partial charge in [-0.25, -0.2) is 4.98 Å². The molecule has 1 aromatic carbocycles. The van der Waals surface area contributed by atoms with Gasteiger partial charge < -0.3 is 9.67 Å². The normalized spacial score (nSPS) is 22.1. The number of para-hydroxylation sites is 2. The zero-order valence-corrected chi connectivity index (χ0v) is 10.3. The van der Waals surface area contributed by atoms with Crippen molar-refractivity contribution >= 4 is 17.0 Å². The Bertz CT molecular complexity index is 678. The van der Waals surface area contributed by atoms with Gasteiger partial charge in [0.15, 0.2) is 0 Å². The zero-order chi connectivity index (χ0) is 14.5. The van der Waals surface area contributed by atoms with E-state index >= 15 is 0 Å². The van der Waals surface area contributed by atoms with Crippen molar-refractivity contribution in [3.05, 3.63) is 30.1 Å². The van der Waals surface area contributed by atoms with Crippen LogP contribution in [-0.4, -0.2) is 26.8 Å². The summed E-state index contributed by atoms with van der Waals surface area (Å²) in [5.41, 5.74) is 0.846. The van der Waals surface area contributed by atoms with Crippen LogP contribution in [-0.2, 0) is 11.3 Å². The molecule has 0 aliphatic heterocycles. The molecule has 7 heteroatoms. The Morgan fingerprint density at radius 3 is 2.70 bits per heavy atom. The fourth-order valence-electron chi connectivity index (χ4n) is 2.48. The van der Waals surface area contributed by atoms with E-state index in [-0.39, 0.29) is 5.82 Å². The third-order valence-electron chi connectivity index (χ3n) is 3.46. The second kappa shape index (κ2) is 4.22. The number of carboxylic acids is 1. The Balaban J connectivity index is 2.07. The summed E-state index contributed by atoms with van der Waals surface area (Å²) < 4.78 is 39.2. The van der Waals surface area contributed by atoms with Crippen LogP contribution in [0.5, 0.6) is 0 Å². The second-order valence-corrected chi connectivity index (χ2v) is 4.95. The van der Waals surface area contributed by atoms with Gasteiger partial charge in [-0.3, -0.25) is 4.79 Å². The van der Waals surface area contributed by atoms with Gasteiger partial charge in [-0.2, -0.15) is 13.2 Å². The number of rotatable bonds is 3. The minimum atomic E-state index is -4.37. The van der Waals surface area contributed by atoms with Gasteiger partial charge >= 0.3 is 12.1 Å². The Labute approximate surface area is 111 Å². The molecule has 1 N–H and O–H groups in total. The monoisotopic (exact) mass is 284 g/mol. The van der Waals surface area contributed by atoms with Crippen molar-refractivity contribution in [3.8, 4) is 0 Å². The summed E-state index contributed by atoms with van der Waals surface area (Å²) in [6.45, 7) is -1.15. The number of halogens is 3. The van der Waals surface area contributed by atoms with E-state index in [2.05, 4.69) is 4.98 Å². The molecular weight excluding hydrogens is 273 g/mol. The lowest BCUT2D eigenvalue weighted by Crippen LogP contribution is -2.19. The lowest BCUT2D eigenvalue weighted by molar-refractivity contribution is -0.140. The second-order valence-electron chi connectivity index (χ2n) is 4.95. The third-order valence-corrected chi connectivity index (χ3v) is 3.46. The largest absolute Gasteiger partial charge is 0.481 e. The summed E-state index contributed by atoms with van der Waals surface area (Å²) in [4.78, 5) is 15.1. The number of nitrogens with zero attached hydrogens (tertiary/aromatic N) is 2. The lowest BCUT2D eigenvalue weighted by atomic mass is 10.3. The highest BCUT2D eigenvalue weighted by atomic mass is 19.4. The molecule has 2 atom stereocenters. The maximum absolute atomic E-state index is 12.7. The Hall–Kier alpha value is -2.05. The summed E-state index contributed by atoms with van der Waals surface area (Å²) in [5.74, 6) is -1.82. The van der Waals surface area contributed by atoms with Crippen LogP contribution in [0.25, 0.3) is 11.0 Å². The topological polar surface area (TPSA) is 55.1 Å². The van der Waals surface area contributed by atoms with Crippen LogP contribution in [0.3, 0.4) is 0 Å². The van der Waals surface area contributed by atoms with Crippen LogP contribution in [0.2, 0.25) is 0 Å². The Kier molecular flexibility index (Phi) is 2.74. The van der Waals surface area contributed by atoms with E-state index in [0.717, 1.165) is 4.57 Å². The van der Waals surface area contributed by atoms with Crippen molar-refractivity contribution < 1.29 is 23.1 Å². The van der Waals surface area contributed by atoms with Gasteiger partial charge in [-0.1, -0.05) is 12.1 Å². The van der Waals surface area contributed by atoms with Crippen LogP contribution in [0.4, 0.5) is 13.2 Å². The fourth-order valence-corrected chi connectivity index (χ4v) is 2.48. The summed E-state index contributed by atoms with van der Waals surface area (Å²) in [6.07, 6.45) is -4.03. The van der Waals surface area contributed by atoms with Gasteiger partial charge in [-0.05, 0) is 18.6 Å². The van der Waals surface area contributed by atoms with E-state index in [1.54, 1.807) is 24.3 Å². The first-order chi connectivity index (χ1) is 9.37. The highest BCUT2D eigenvalue weighted by molar-refractivity contribution is 5.78. The molecule has 20 heavy (non-hydrogen) atoms. The van der Waals surface area contributed by atoms with Crippen molar-refractivity contribution in [2.45, 2.75) is 25.1 Å². The van der Waals surface area contributed by atoms with Gasteiger partial charge in [-0.15, -0.1) is 0 Å². The van der Waals surface area contributed by atoms with Crippen LogP contribution >= 0.6 is 0 Å². The van der Waals surface area contributed by atoms with Gasteiger partial charge in [0.2, 0.25) is 0 Å². The summed E-state index contributed by atoms with van der Waals surface area (Å²) in [5, 5.41) is 8.92. The summed E-state index contributed by atoms with van der Waals surface area (Å²) >= 11 is 0. The van der Waals surface area contributed by atoms with E-state index in [1.807, 2.05) is 0 Å². The molecule has 2 unspecified atom stereocenters. The molecule has 0 saturated heterocycles. The SMILES string of the molecule is O=C(O)C1CC1c1nc2ccccc2n1CC(F)(F)F. The zero-order valence-electron chi connectivity index (χ0n) is 10.3. The number of hydrogen-bond donors (Lipinski definition) is 1. The average molecular weight is 284 g/mol. The van der Waals surface area contributed by atoms with Crippen LogP contribution in [0.1, 0.15) is 18.2 Å². The number of imidazole rings is 1. The minimum Gasteiger partial charge on any atom is -0.481 e. The highest BCUT2D eigenvalue weighted by Gasteiger charge is 2.48. The van der Waals surface area contributed by atoms with E-state index < -0.39 is 30.5 Å². The molecule has 1 fully saturated rings. The molecule has 2 aromatic rings. The number of benzene rings is 1. The van der Waals surface area contributed by atoms with E-state index in [9.17, 15) is 18.0 Å². The van der Waals surface area contributed by atoms with Crippen LogP contribution < -0.4 is 0 Å². The van der Waals surface area contributed by atoms with Gasteiger partial charge in [0.1, 0.15) is 12.4 Å². The number of hydrogen-bond acceptors (Lipinski definition) is 2. The summed E-state index contributed by atoms with van der Waals surface area (Å²) in [6, 6.07) is 6.53. The number of alkyl halides is 3. The summed E-state index contributed by atoms with van der Waals surface area (Å²) in [7, 11) is 0. The van der Waals surface area contributed by atoms with Gasteiger partial charge in [0, 0.05) is 5.92 Å². The maximum Gasteiger partial charge on any atom is 0.406 e. The number of aromatic nitrogens is 2. The van der Waals surface area contributed by atoms with Gasteiger partial charge in [0.05, 0.1) is 17.0 Å². The van der Waals surface area contributed by atoms with Crippen molar-refractivity contribution in [2.75, 3.05) is 0 Å². The van der Waals surface area contributed by atoms with E-state index in [0.29, 0.717) is 17.5 Å². The standard InChI is InChI=1S/C13H11F3N2O2/c14-13(15,16)6-18-10-4-2-1-3-9(10)17-11(18)7-5-8(7)12(19)20/h1-4,7-8H,5-6H2,(H,19,20). The quantitative estimate of drug-likeness (QED) is 0.943. The third kappa shape index (κ3) is 2.23. The Morgan fingerprint density at radius 2 is 2.10 bits per heavy atom. The number of carboxylic acid groups (broad SMARTS) is 1. The minimum absolute atomic E-state index is 0.218. The van der Waals surface area contributed by atoms with Crippen LogP contribution in [0.15, 0.2) is 24.3 Å². The fraction of sp³-hybridized carbons (Fsp3) is 0.385. The lowest BCUT2D eigenvalue weighted by Gasteiger charge is -2.11. The smallest absolute Gasteiger partial charge is 0.406 e. The molecule has 0 bridgehead atoms. The predicted molar refractivity (Wildman–Crippen MR) is 64.3 cm³/mol.